The Morgan fingerprint density at radius 2 is 1.88 bits per heavy atom. The molecule has 3 nitrogen and oxygen atoms in total. The second kappa shape index (κ2) is 4.29. The van der Waals surface area contributed by atoms with Crippen LogP contribution in [0, 0.1) is 0 Å². The molecule has 0 saturated carbocycles. The van der Waals surface area contributed by atoms with Crippen molar-refractivity contribution in [1.82, 2.24) is 9.78 Å². The molecule has 0 amide bonds. The summed E-state index contributed by atoms with van der Waals surface area (Å²) in [5, 5.41) is 3.12. The Hall–Kier alpha value is -1.29. The molecule has 0 unspecified atom stereocenters. The van der Waals surface area contributed by atoms with Crippen LogP contribution < -0.4 is 5.56 Å². The molecule has 0 saturated heterocycles. The summed E-state index contributed by atoms with van der Waals surface area (Å²) >= 11 is 3.34. The van der Waals surface area contributed by atoms with Crippen molar-refractivity contribution in [2.45, 2.75) is 19.9 Å². The van der Waals surface area contributed by atoms with Crippen molar-refractivity contribution < 1.29 is 0 Å². The zero-order valence-electron chi connectivity index (χ0n) is 9.20. The third kappa shape index (κ3) is 1.85. The normalized spacial score (nSPS) is 11.0. The largest absolute Gasteiger partial charge is 0.294 e. The van der Waals surface area contributed by atoms with Crippen molar-refractivity contribution in [2.75, 3.05) is 0 Å². The number of hydrogen-bond donors (Lipinski definition) is 1. The quantitative estimate of drug-likeness (QED) is 0.902. The maximum absolute atomic E-state index is 11.9. The molecule has 1 aromatic carbocycles. The van der Waals surface area contributed by atoms with E-state index in [2.05, 4.69) is 21.0 Å². The SMILES string of the molecule is CC(C)n1[nH]c(-c2ccccc2)c(Br)c1=O. The summed E-state index contributed by atoms with van der Waals surface area (Å²) in [5.74, 6) is 0. The first-order valence-electron chi connectivity index (χ1n) is 5.16. The molecule has 0 radical (unpaired) electrons. The molecular weight excluding hydrogens is 268 g/mol. The van der Waals surface area contributed by atoms with E-state index in [1.54, 1.807) is 4.68 Å². The number of H-pyrrole nitrogens is 1. The summed E-state index contributed by atoms with van der Waals surface area (Å²) in [6.45, 7) is 3.94. The molecule has 1 N–H and O–H groups in total. The van der Waals surface area contributed by atoms with Gasteiger partial charge in [0.15, 0.2) is 0 Å². The minimum Gasteiger partial charge on any atom is -0.294 e. The first-order valence-corrected chi connectivity index (χ1v) is 5.96. The summed E-state index contributed by atoms with van der Waals surface area (Å²) in [5.41, 5.74) is 1.82. The highest BCUT2D eigenvalue weighted by atomic mass is 79.9. The Kier molecular flexibility index (Phi) is 3.01. The predicted octanol–water partition coefficient (Wildman–Crippen LogP) is 3.19. The van der Waals surface area contributed by atoms with Crippen molar-refractivity contribution in [2.24, 2.45) is 0 Å². The van der Waals surface area contributed by atoms with Crippen molar-refractivity contribution in [1.29, 1.82) is 0 Å². The van der Waals surface area contributed by atoms with Crippen molar-refractivity contribution in [3.63, 3.8) is 0 Å². The zero-order chi connectivity index (χ0) is 11.7. The summed E-state index contributed by atoms with van der Waals surface area (Å²) in [7, 11) is 0. The highest BCUT2D eigenvalue weighted by Crippen LogP contribution is 2.23. The van der Waals surface area contributed by atoms with Crippen LogP contribution in [0.25, 0.3) is 11.3 Å². The number of halogens is 1. The second-order valence-electron chi connectivity index (χ2n) is 3.94. The number of aromatic nitrogens is 2. The van der Waals surface area contributed by atoms with Crippen LogP contribution in [0.5, 0.6) is 0 Å². The Labute approximate surface area is 102 Å². The van der Waals surface area contributed by atoms with E-state index in [1.165, 1.54) is 0 Å². The molecular formula is C12H13BrN2O. The highest BCUT2D eigenvalue weighted by molar-refractivity contribution is 9.10. The molecule has 0 atom stereocenters. The summed E-state index contributed by atoms with van der Waals surface area (Å²) < 4.78 is 2.21. The zero-order valence-corrected chi connectivity index (χ0v) is 10.8. The summed E-state index contributed by atoms with van der Waals surface area (Å²) in [4.78, 5) is 11.9. The van der Waals surface area contributed by atoms with Gasteiger partial charge < -0.3 is 0 Å². The van der Waals surface area contributed by atoms with Crippen LogP contribution in [-0.4, -0.2) is 9.78 Å². The van der Waals surface area contributed by atoms with E-state index in [-0.39, 0.29) is 11.6 Å². The van der Waals surface area contributed by atoms with Crippen molar-refractivity contribution in [3.8, 4) is 11.3 Å². The monoisotopic (exact) mass is 280 g/mol. The van der Waals surface area contributed by atoms with Crippen LogP contribution in [0.2, 0.25) is 0 Å². The van der Waals surface area contributed by atoms with Gasteiger partial charge in [-0.25, -0.2) is 4.68 Å². The second-order valence-corrected chi connectivity index (χ2v) is 4.73. The molecule has 16 heavy (non-hydrogen) atoms. The fourth-order valence-corrected chi connectivity index (χ4v) is 2.10. The Balaban J connectivity index is 2.60. The fourth-order valence-electron chi connectivity index (χ4n) is 1.59. The Morgan fingerprint density at radius 3 is 2.38 bits per heavy atom. The maximum Gasteiger partial charge on any atom is 0.281 e. The van der Waals surface area contributed by atoms with E-state index >= 15 is 0 Å². The van der Waals surface area contributed by atoms with Gasteiger partial charge in [0.05, 0.1) is 5.69 Å². The molecule has 2 aromatic rings. The lowest BCUT2D eigenvalue weighted by Crippen LogP contribution is -2.18. The van der Waals surface area contributed by atoms with Gasteiger partial charge in [-0.05, 0) is 29.8 Å². The molecule has 4 heteroatoms. The fraction of sp³-hybridized carbons (Fsp3) is 0.250. The molecule has 0 fully saturated rings. The van der Waals surface area contributed by atoms with Crippen molar-refractivity contribution >= 4 is 15.9 Å². The van der Waals surface area contributed by atoms with E-state index in [0.29, 0.717) is 4.47 Å². The molecule has 0 aliphatic heterocycles. The maximum atomic E-state index is 11.9. The van der Waals surface area contributed by atoms with Gasteiger partial charge >= 0.3 is 0 Å². The van der Waals surface area contributed by atoms with Crippen molar-refractivity contribution in [3.05, 3.63) is 45.2 Å². The number of nitrogens with zero attached hydrogens (tertiary/aromatic N) is 1. The summed E-state index contributed by atoms with van der Waals surface area (Å²) in [6.07, 6.45) is 0. The minimum absolute atomic E-state index is 0.0196. The van der Waals surface area contributed by atoms with Crippen LogP contribution in [0.1, 0.15) is 19.9 Å². The van der Waals surface area contributed by atoms with Crippen LogP contribution in [-0.2, 0) is 0 Å². The smallest absolute Gasteiger partial charge is 0.281 e. The Morgan fingerprint density at radius 1 is 1.25 bits per heavy atom. The number of nitrogens with one attached hydrogen (secondary N) is 1. The third-order valence-electron chi connectivity index (χ3n) is 2.44. The third-order valence-corrected chi connectivity index (χ3v) is 3.17. The molecule has 1 aromatic heterocycles. The lowest BCUT2D eigenvalue weighted by molar-refractivity contribution is 0.518. The Bertz CT molecular complexity index is 540. The molecule has 1 heterocycles. The molecule has 0 bridgehead atoms. The van der Waals surface area contributed by atoms with Gasteiger partial charge in [-0.1, -0.05) is 30.3 Å². The van der Waals surface area contributed by atoms with E-state index in [1.807, 2.05) is 44.2 Å². The van der Waals surface area contributed by atoms with Gasteiger partial charge in [-0.3, -0.25) is 9.89 Å². The summed E-state index contributed by atoms with van der Waals surface area (Å²) in [6, 6.07) is 9.93. The van der Waals surface area contributed by atoms with Gasteiger partial charge in [-0.2, -0.15) is 0 Å². The van der Waals surface area contributed by atoms with Gasteiger partial charge in [-0.15, -0.1) is 0 Å². The van der Waals surface area contributed by atoms with E-state index in [9.17, 15) is 4.79 Å². The van der Waals surface area contributed by atoms with Crippen LogP contribution in [0.3, 0.4) is 0 Å². The number of aromatic amines is 1. The highest BCUT2D eigenvalue weighted by Gasteiger charge is 2.14. The van der Waals surface area contributed by atoms with Crippen LogP contribution in [0.15, 0.2) is 39.6 Å². The van der Waals surface area contributed by atoms with Crippen LogP contribution >= 0.6 is 15.9 Å². The number of hydrogen-bond acceptors (Lipinski definition) is 1. The van der Waals surface area contributed by atoms with Gasteiger partial charge in [0.2, 0.25) is 0 Å². The predicted molar refractivity (Wildman–Crippen MR) is 68.6 cm³/mol. The molecule has 84 valence electrons. The van der Waals surface area contributed by atoms with E-state index < -0.39 is 0 Å². The molecule has 0 aliphatic carbocycles. The average Bonchev–Trinajstić information content (AvgIpc) is 2.58. The van der Waals surface area contributed by atoms with Gasteiger partial charge in [0.1, 0.15) is 4.47 Å². The average molecular weight is 281 g/mol. The number of rotatable bonds is 2. The lowest BCUT2D eigenvalue weighted by Gasteiger charge is -2.04. The van der Waals surface area contributed by atoms with Crippen LogP contribution in [0.4, 0.5) is 0 Å². The topological polar surface area (TPSA) is 37.8 Å². The molecule has 0 aliphatic rings. The lowest BCUT2D eigenvalue weighted by atomic mass is 10.2. The van der Waals surface area contributed by atoms with E-state index in [4.69, 9.17) is 0 Å². The number of benzene rings is 1. The van der Waals surface area contributed by atoms with E-state index in [0.717, 1.165) is 11.3 Å². The van der Waals surface area contributed by atoms with Gasteiger partial charge in [0.25, 0.3) is 5.56 Å². The minimum atomic E-state index is -0.0196. The molecule has 2 rings (SSSR count). The first kappa shape index (κ1) is 11.2. The van der Waals surface area contributed by atoms with Gasteiger partial charge in [0, 0.05) is 11.6 Å². The standard InChI is InChI=1S/C12H13BrN2O/c1-8(2)15-12(16)10(13)11(14-15)9-6-4-3-5-7-9/h3-8,14H,1-2H3. The first-order chi connectivity index (χ1) is 7.61. The molecule has 0 spiro atoms.